The molecule has 0 aliphatic carbocycles. The van der Waals surface area contributed by atoms with E-state index in [4.69, 9.17) is 10.5 Å². The van der Waals surface area contributed by atoms with E-state index in [-0.39, 0.29) is 18.0 Å². The number of ether oxygens (including phenoxy) is 1. The number of sulfonamides is 1. The van der Waals surface area contributed by atoms with Crippen molar-refractivity contribution in [1.29, 1.82) is 0 Å². The molecule has 0 aromatic heterocycles. The molecule has 0 fully saturated rings. The van der Waals surface area contributed by atoms with E-state index in [2.05, 4.69) is 10.0 Å². The number of carbonyl (C=O) groups excluding carboxylic acids is 1. The van der Waals surface area contributed by atoms with Crippen LogP contribution in [0.25, 0.3) is 0 Å². The first-order chi connectivity index (χ1) is 10.4. The fourth-order valence-corrected chi connectivity index (χ4v) is 2.91. The summed E-state index contributed by atoms with van der Waals surface area (Å²) in [6.45, 7) is 9.05. The minimum atomic E-state index is -3.68. The van der Waals surface area contributed by atoms with Gasteiger partial charge in [0.25, 0.3) is 0 Å². The van der Waals surface area contributed by atoms with Gasteiger partial charge in [0.15, 0.2) is 0 Å². The number of aryl methyl sites for hydroxylation is 1. The summed E-state index contributed by atoms with van der Waals surface area (Å²) in [5.41, 5.74) is 7.30. The number of anilines is 1. The van der Waals surface area contributed by atoms with Crippen LogP contribution in [-0.4, -0.2) is 33.2 Å². The first-order valence-electron chi connectivity index (χ1n) is 7.25. The van der Waals surface area contributed by atoms with Gasteiger partial charge in [0.2, 0.25) is 10.0 Å². The lowest BCUT2D eigenvalue weighted by molar-refractivity contribution is 0.0529. The lowest BCUT2D eigenvalue weighted by Crippen LogP contribution is -2.37. The maximum Gasteiger partial charge on any atom is 0.407 e. The normalized spacial score (nSPS) is 12.0. The van der Waals surface area contributed by atoms with Gasteiger partial charge in [0, 0.05) is 18.8 Å². The van der Waals surface area contributed by atoms with Gasteiger partial charge in [0.1, 0.15) is 5.60 Å². The molecule has 130 valence electrons. The smallest absolute Gasteiger partial charge is 0.407 e. The molecule has 4 N–H and O–H groups in total. The summed E-state index contributed by atoms with van der Waals surface area (Å²) in [7, 11) is -3.68. The maximum absolute atomic E-state index is 12.2. The molecule has 8 heteroatoms. The molecule has 0 saturated carbocycles. The van der Waals surface area contributed by atoms with E-state index >= 15 is 0 Å². The lowest BCUT2D eigenvalue weighted by atomic mass is 10.1. The second-order valence-corrected chi connectivity index (χ2v) is 8.05. The molecule has 0 unspecified atom stereocenters. The van der Waals surface area contributed by atoms with Crippen molar-refractivity contribution in [3.05, 3.63) is 23.3 Å². The van der Waals surface area contributed by atoms with E-state index in [1.54, 1.807) is 33.8 Å². The number of amides is 1. The lowest BCUT2D eigenvalue weighted by Gasteiger charge is -2.19. The Kier molecular flexibility index (Phi) is 6.01. The minimum absolute atomic E-state index is 0.0500. The van der Waals surface area contributed by atoms with Crippen LogP contribution in [0.3, 0.4) is 0 Å². The Bertz CT molecular complexity index is 655. The number of nitrogens with two attached hydrogens (primary N) is 1. The van der Waals surface area contributed by atoms with Crippen LogP contribution in [0.4, 0.5) is 10.5 Å². The quantitative estimate of drug-likeness (QED) is 0.556. The fourth-order valence-electron chi connectivity index (χ4n) is 1.76. The number of nitrogen functional groups attached to an aromatic ring is 1. The van der Waals surface area contributed by atoms with Gasteiger partial charge in [-0.25, -0.2) is 17.9 Å². The average molecular weight is 343 g/mol. The predicted octanol–water partition coefficient (Wildman–Crippen LogP) is 1.69. The van der Waals surface area contributed by atoms with E-state index in [0.717, 1.165) is 11.1 Å². The monoisotopic (exact) mass is 343 g/mol. The van der Waals surface area contributed by atoms with Gasteiger partial charge in [-0.15, -0.1) is 0 Å². The third-order valence-corrected chi connectivity index (χ3v) is 4.52. The molecule has 0 aliphatic heterocycles. The van der Waals surface area contributed by atoms with Crippen LogP contribution in [0.2, 0.25) is 0 Å². The van der Waals surface area contributed by atoms with Crippen molar-refractivity contribution >= 4 is 21.8 Å². The first-order valence-corrected chi connectivity index (χ1v) is 8.74. The number of alkyl carbamates (subject to hydrolysis) is 1. The summed E-state index contributed by atoms with van der Waals surface area (Å²) >= 11 is 0. The van der Waals surface area contributed by atoms with E-state index in [1.807, 2.05) is 6.92 Å². The van der Waals surface area contributed by atoms with Crippen molar-refractivity contribution in [3.8, 4) is 0 Å². The van der Waals surface area contributed by atoms with Crippen LogP contribution in [0, 0.1) is 13.8 Å². The third-order valence-electron chi connectivity index (χ3n) is 3.08. The molecule has 0 spiro atoms. The van der Waals surface area contributed by atoms with Gasteiger partial charge < -0.3 is 15.8 Å². The number of carbonyl (C=O) groups is 1. The summed E-state index contributed by atoms with van der Waals surface area (Å²) in [5.74, 6) is 0. The standard InChI is InChI=1S/C15H25N3O4S/c1-10-8-12(9-13(16)11(10)2)23(20,21)18-7-6-17-14(19)22-15(3,4)5/h8-9,18H,6-7,16H2,1-5H3,(H,17,19). The SMILES string of the molecule is Cc1cc(S(=O)(=O)NCCNC(=O)OC(C)(C)C)cc(N)c1C. The molecule has 0 bridgehead atoms. The minimum Gasteiger partial charge on any atom is -0.444 e. The Hall–Kier alpha value is -1.80. The topological polar surface area (TPSA) is 111 Å². The Balaban J connectivity index is 2.59. The van der Waals surface area contributed by atoms with Crippen LogP contribution in [0.1, 0.15) is 31.9 Å². The summed E-state index contributed by atoms with van der Waals surface area (Å²) in [4.78, 5) is 11.6. The molecule has 0 aliphatic rings. The van der Waals surface area contributed by atoms with Crippen LogP contribution in [0.5, 0.6) is 0 Å². The zero-order valence-corrected chi connectivity index (χ0v) is 15.0. The molecule has 7 nitrogen and oxygen atoms in total. The third kappa shape index (κ3) is 6.07. The molecule has 1 rings (SSSR count). The van der Waals surface area contributed by atoms with E-state index in [0.29, 0.717) is 5.69 Å². The summed E-state index contributed by atoms with van der Waals surface area (Å²) < 4.78 is 31.9. The van der Waals surface area contributed by atoms with Crippen molar-refractivity contribution in [2.45, 2.75) is 45.1 Å². The highest BCUT2D eigenvalue weighted by Crippen LogP contribution is 2.21. The summed E-state index contributed by atoms with van der Waals surface area (Å²) in [5, 5.41) is 2.48. The number of rotatable bonds is 5. The zero-order chi connectivity index (χ0) is 17.8. The predicted molar refractivity (Wildman–Crippen MR) is 89.8 cm³/mol. The van der Waals surface area contributed by atoms with E-state index in [1.165, 1.54) is 6.07 Å². The largest absolute Gasteiger partial charge is 0.444 e. The maximum atomic E-state index is 12.2. The van der Waals surface area contributed by atoms with Crippen molar-refractivity contribution in [1.82, 2.24) is 10.0 Å². The Morgan fingerprint density at radius 2 is 1.83 bits per heavy atom. The molecule has 0 atom stereocenters. The molecular weight excluding hydrogens is 318 g/mol. The number of benzene rings is 1. The molecular formula is C15H25N3O4S. The molecule has 1 aromatic carbocycles. The average Bonchev–Trinajstić information content (AvgIpc) is 2.38. The zero-order valence-electron chi connectivity index (χ0n) is 14.2. The summed E-state index contributed by atoms with van der Waals surface area (Å²) in [6, 6.07) is 2.99. The highest BCUT2D eigenvalue weighted by molar-refractivity contribution is 7.89. The Morgan fingerprint density at radius 3 is 2.35 bits per heavy atom. The van der Waals surface area contributed by atoms with Crippen LogP contribution in [0.15, 0.2) is 17.0 Å². The van der Waals surface area contributed by atoms with Crippen molar-refractivity contribution in [2.75, 3.05) is 18.8 Å². The molecule has 23 heavy (non-hydrogen) atoms. The van der Waals surface area contributed by atoms with Gasteiger partial charge in [-0.05, 0) is 57.9 Å². The van der Waals surface area contributed by atoms with Crippen LogP contribution in [-0.2, 0) is 14.8 Å². The Morgan fingerprint density at radius 1 is 1.22 bits per heavy atom. The highest BCUT2D eigenvalue weighted by atomic mass is 32.2. The summed E-state index contributed by atoms with van der Waals surface area (Å²) in [6.07, 6.45) is -0.591. The van der Waals surface area contributed by atoms with Crippen LogP contribution >= 0.6 is 0 Å². The van der Waals surface area contributed by atoms with E-state index in [9.17, 15) is 13.2 Å². The number of nitrogens with one attached hydrogen (secondary N) is 2. The van der Waals surface area contributed by atoms with Gasteiger partial charge in [-0.1, -0.05) is 0 Å². The molecule has 0 radical (unpaired) electrons. The number of hydrogen-bond donors (Lipinski definition) is 3. The molecule has 1 aromatic rings. The number of hydrogen-bond acceptors (Lipinski definition) is 5. The van der Waals surface area contributed by atoms with Crippen molar-refractivity contribution in [2.24, 2.45) is 0 Å². The highest BCUT2D eigenvalue weighted by Gasteiger charge is 2.17. The fraction of sp³-hybridized carbons (Fsp3) is 0.533. The van der Waals surface area contributed by atoms with Gasteiger partial charge in [-0.2, -0.15) is 0 Å². The van der Waals surface area contributed by atoms with E-state index < -0.39 is 21.7 Å². The van der Waals surface area contributed by atoms with Gasteiger partial charge in [-0.3, -0.25) is 0 Å². The van der Waals surface area contributed by atoms with Gasteiger partial charge in [0.05, 0.1) is 4.90 Å². The van der Waals surface area contributed by atoms with Gasteiger partial charge >= 0.3 is 6.09 Å². The molecule has 0 heterocycles. The molecule has 0 saturated heterocycles. The second kappa shape index (κ2) is 7.18. The molecule has 1 amide bonds. The second-order valence-electron chi connectivity index (χ2n) is 6.28. The first kappa shape index (κ1) is 19.2. The van der Waals surface area contributed by atoms with Crippen molar-refractivity contribution in [3.63, 3.8) is 0 Å². The van der Waals surface area contributed by atoms with Crippen LogP contribution < -0.4 is 15.8 Å². The van der Waals surface area contributed by atoms with Crippen molar-refractivity contribution < 1.29 is 17.9 Å². The Labute approximate surface area is 137 Å².